The van der Waals surface area contributed by atoms with Crippen molar-refractivity contribution in [2.45, 2.75) is 52.1 Å². The highest BCUT2D eigenvalue weighted by molar-refractivity contribution is 5.81. The minimum absolute atomic E-state index is 0.188. The van der Waals surface area contributed by atoms with Gasteiger partial charge in [0.2, 0.25) is 0 Å². The first kappa shape index (κ1) is 22.1. The molecule has 2 aromatic rings. The van der Waals surface area contributed by atoms with Gasteiger partial charge in [-0.05, 0) is 38.7 Å². The predicted octanol–water partition coefficient (Wildman–Crippen LogP) is 1.14. The fourth-order valence-corrected chi connectivity index (χ4v) is 4.22. The lowest BCUT2D eigenvalue weighted by molar-refractivity contribution is -0.905. The normalized spacial score (nSPS) is 17.7. The summed E-state index contributed by atoms with van der Waals surface area (Å²) in [6, 6.07) is 3.70. The van der Waals surface area contributed by atoms with Gasteiger partial charge in [0.25, 0.3) is 11.5 Å². The molecule has 1 fully saturated rings. The number of nitrogens with one attached hydrogen (secondary N) is 2. The molecule has 8 heteroatoms. The highest BCUT2D eigenvalue weighted by Gasteiger charge is 2.28. The summed E-state index contributed by atoms with van der Waals surface area (Å²) in [6.45, 7) is 6.69. The SMILES string of the molecule is CC[C@H]1CCCCN1C(=O)C[NH+](CC)Cc1nc2cc(OC)c(OC)cc2c(=O)[nH]1. The molecule has 1 saturated heterocycles. The molecule has 3 rings (SSSR count). The number of benzene rings is 1. The Bertz CT molecular complexity index is 943. The third-order valence-corrected chi connectivity index (χ3v) is 6.00. The number of H-pyrrole nitrogens is 1. The molecule has 2 atom stereocenters. The zero-order valence-corrected chi connectivity index (χ0v) is 18.4. The number of aromatic amines is 1. The van der Waals surface area contributed by atoms with E-state index in [9.17, 15) is 9.59 Å². The van der Waals surface area contributed by atoms with Crippen LogP contribution in [0.3, 0.4) is 0 Å². The number of carbonyl (C=O) groups is 1. The summed E-state index contributed by atoms with van der Waals surface area (Å²) in [6.07, 6.45) is 4.37. The van der Waals surface area contributed by atoms with Crippen LogP contribution in [0.2, 0.25) is 0 Å². The zero-order valence-electron chi connectivity index (χ0n) is 18.4. The summed E-state index contributed by atoms with van der Waals surface area (Å²) >= 11 is 0. The number of likely N-dealkylation sites (N-methyl/N-ethyl adjacent to an activating group) is 1. The van der Waals surface area contributed by atoms with Crippen molar-refractivity contribution >= 4 is 16.8 Å². The molecular weight excluding hydrogens is 384 g/mol. The van der Waals surface area contributed by atoms with Gasteiger partial charge in [0, 0.05) is 18.7 Å². The molecule has 1 amide bonds. The van der Waals surface area contributed by atoms with Gasteiger partial charge in [-0.1, -0.05) is 6.92 Å². The van der Waals surface area contributed by atoms with Gasteiger partial charge >= 0.3 is 0 Å². The number of fused-ring (bicyclic) bond motifs is 1. The average molecular weight is 418 g/mol. The molecule has 1 aliphatic heterocycles. The number of ether oxygens (including phenoxy) is 2. The maximum Gasteiger partial charge on any atom is 0.278 e. The Labute approximate surface area is 177 Å². The molecular formula is C22H33N4O4+. The number of methoxy groups -OCH3 is 2. The van der Waals surface area contributed by atoms with Gasteiger partial charge in [0.15, 0.2) is 23.9 Å². The monoisotopic (exact) mass is 417 g/mol. The van der Waals surface area contributed by atoms with Gasteiger partial charge in [-0.3, -0.25) is 9.59 Å². The van der Waals surface area contributed by atoms with Crippen LogP contribution in [0.4, 0.5) is 0 Å². The van der Waals surface area contributed by atoms with Crippen LogP contribution in [-0.2, 0) is 11.3 Å². The molecule has 8 nitrogen and oxygen atoms in total. The van der Waals surface area contributed by atoms with Crippen molar-refractivity contribution in [1.29, 1.82) is 0 Å². The molecule has 30 heavy (non-hydrogen) atoms. The molecule has 2 heterocycles. The molecule has 1 aromatic heterocycles. The van der Waals surface area contributed by atoms with Crippen molar-refractivity contribution in [2.75, 3.05) is 33.9 Å². The number of amides is 1. The lowest BCUT2D eigenvalue weighted by Crippen LogP contribution is -3.11. The minimum Gasteiger partial charge on any atom is -0.493 e. The average Bonchev–Trinajstić information content (AvgIpc) is 2.77. The second-order valence-electron chi connectivity index (χ2n) is 7.84. The Balaban J connectivity index is 1.79. The first-order valence-electron chi connectivity index (χ1n) is 10.8. The molecule has 1 aromatic carbocycles. The Morgan fingerprint density at radius 1 is 1.23 bits per heavy atom. The van der Waals surface area contributed by atoms with Gasteiger partial charge in [-0.15, -0.1) is 0 Å². The zero-order chi connectivity index (χ0) is 21.7. The third-order valence-electron chi connectivity index (χ3n) is 6.00. The van der Waals surface area contributed by atoms with Crippen LogP contribution in [0.15, 0.2) is 16.9 Å². The van der Waals surface area contributed by atoms with Gasteiger partial charge in [-0.25, -0.2) is 4.98 Å². The van der Waals surface area contributed by atoms with Crippen molar-refractivity contribution in [1.82, 2.24) is 14.9 Å². The van der Waals surface area contributed by atoms with Crippen LogP contribution in [0.25, 0.3) is 10.9 Å². The van der Waals surface area contributed by atoms with Crippen LogP contribution in [0, 0.1) is 0 Å². The van der Waals surface area contributed by atoms with Crippen molar-refractivity contribution in [3.05, 3.63) is 28.3 Å². The minimum atomic E-state index is -0.222. The van der Waals surface area contributed by atoms with Crippen molar-refractivity contribution in [3.63, 3.8) is 0 Å². The van der Waals surface area contributed by atoms with Crippen LogP contribution in [-0.4, -0.2) is 60.7 Å². The van der Waals surface area contributed by atoms with E-state index in [2.05, 4.69) is 16.9 Å². The maximum atomic E-state index is 12.9. The Hall–Kier alpha value is -2.61. The number of piperidine rings is 1. The largest absolute Gasteiger partial charge is 0.493 e. The topological polar surface area (TPSA) is 89.0 Å². The highest BCUT2D eigenvalue weighted by atomic mass is 16.5. The first-order chi connectivity index (χ1) is 14.5. The first-order valence-corrected chi connectivity index (χ1v) is 10.8. The lowest BCUT2D eigenvalue weighted by atomic mass is 10.00. The van der Waals surface area contributed by atoms with Gasteiger partial charge in [0.05, 0.1) is 31.7 Å². The standard InChI is InChI=1S/C22H32N4O4/c1-5-15-9-7-8-10-26(15)21(27)14-25(6-2)13-20-23-17-12-19(30-4)18(29-3)11-16(17)22(28)24-20/h11-12,15H,5-10,13-14H2,1-4H3,(H,23,24,28)/p+1/t15-/m0/s1. The quantitative estimate of drug-likeness (QED) is 0.672. The van der Waals surface area contributed by atoms with E-state index in [1.165, 1.54) is 13.5 Å². The Kier molecular flexibility index (Phi) is 7.31. The number of aromatic nitrogens is 2. The summed E-state index contributed by atoms with van der Waals surface area (Å²) in [5, 5.41) is 0.449. The van der Waals surface area contributed by atoms with E-state index in [1.54, 1.807) is 19.2 Å². The van der Waals surface area contributed by atoms with Gasteiger partial charge < -0.3 is 24.3 Å². The van der Waals surface area contributed by atoms with Crippen LogP contribution in [0.1, 0.15) is 45.4 Å². The lowest BCUT2D eigenvalue weighted by Gasteiger charge is -2.35. The fraction of sp³-hybridized carbons (Fsp3) is 0.591. The molecule has 0 bridgehead atoms. The van der Waals surface area contributed by atoms with E-state index in [-0.39, 0.29) is 11.5 Å². The summed E-state index contributed by atoms with van der Waals surface area (Å²) in [4.78, 5) is 36.2. The fourth-order valence-electron chi connectivity index (χ4n) is 4.22. The number of carbonyl (C=O) groups excluding carboxylic acids is 1. The molecule has 0 aliphatic carbocycles. The van der Waals surface area contributed by atoms with E-state index >= 15 is 0 Å². The van der Waals surface area contributed by atoms with Crippen molar-refractivity contribution in [2.24, 2.45) is 0 Å². The number of likely N-dealkylation sites (tertiary alicyclic amines) is 1. The smallest absolute Gasteiger partial charge is 0.278 e. The molecule has 164 valence electrons. The molecule has 2 N–H and O–H groups in total. The van der Waals surface area contributed by atoms with Gasteiger partial charge in [-0.2, -0.15) is 0 Å². The maximum absolute atomic E-state index is 12.9. The van der Waals surface area contributed by atoms with E-state index < -0.39 is 0 Å². The van der Waals surface area contributed by atoms with Crippen LogP contribution < -0.4 is 19.9 Å². The number of hydrogen-bond acceptors (Lipinski definition) is 5. The Morgan fingerprint density at radius 3 is 2.63 bits per heavy atom. The van der Waals surface area contributed by atoms with Crippen LogP contribution in [0.5, 0.6) is 11.5 Å². The summed E-state index contributed by atoms with van der Waals surface area (Å²) in [5.41, 5.74) is 0.329. The molecule has 1 aliphatic rings. The van der Waals surface area contributed by atoms with Gasteiger partial charge in [0.1, 0.15) is 6.54 Å². The van der Waals surface area contributed by atoms with E-state index in [0.29, 0.717) is 47.4 Å². The number of quaternary nitrogens is 1. The number of nitrogens with zero attached hydrogens (tertiary/aromatic N) is 2. The molecule has 0 radical (unpaired) electrons. The highest BCUT2D eigenvalue weighted by Crippen LogP contribution is 2.29. The van der Waals surface area contributed by atoms with Crippen LogP contribution >= 0.6 is 0 Å². The molecule has 0 spiro atoms. The van der Waals surface area contributed by atoms with Crippen molar-refractivity contribution < 1.29 is 19.2 Å². The van der Waals surface area contributed by atoms with E-state index in [0.717, 1.165) is 37.3 Å². The van der Waals surface area contributed by atoms with E-state index in [4.69, 9.17) is 9.47 Å². The number of rotatable bonds is 8. The second-order valence-corrected chi connectivity index (χ2v) is 7.84. The molecule has 0 saturated carbocycles. The predicted molar refractivity (Wildman–Crippen MR) is 115 cm³/mol. The summed E-state index contributed by atoms with van der Waals surface area (Å²) < 4.78 is 10.6. The third kappa shape index (κ3) is 4.75. The summed E-state index contributed by atoms with van der Waals surface area (Å²) in [5.74, 6) is 1.77. The molecule has 1 unspecified atom stereocenters. The number of hydrogen-bond donors (Lipinski definition) is 2. The van der Waals surface area contributed by atoms with Crippen molar-refractivity contribution in [3.8, 4) is 11.5 Å². The van der Waals surface area contributed by atoms with E-state index in [1.807, 2.05) is 11.8 Å². The Morgan fingerprint density at radius 2 is 1.97 bits per heavy atom. The summed E-state index contributed by atoms with van der Waals surface area (Å²) in [7, 11) is 3.08. The second kappa shape index (κ2) is 9.93.